The number of nitrogens with one attached hydrogen (secondary N) is 2. The second-order valence-electron chi connectivity index (χ2n) is 6.03. The number of aryl methyl sites for hydroxylation is 1. The van der Waals surface area contributed by atoms with Crippen LogP contribution in [0.5, 0.6) is 11.5 Å². The number of hydrogen-bond acceptors (Lipinski definition) is 5. The number of benzene rings is 2. The lowest BCUT2D eigenvalue weighted by Crippen LogP contribution is -2.14. The van der Waals surface area contributed by atoms with E-state index in [4.69, 9.17) is 21.1 Å². The first kappa shape index (κ1) is 19.5. The zero-order chi connectivity index (χ0) is 20.1. The maximum Gasteiger partial charge on any atom is 0.274 e. The van der Waals surface area contributed by atoms with Crippen LogP contribution in [0.2, 0.25) is 5.02 Å². The van der Waals surface area contributed by atoms with E-state index in [1.54, 1.807) is 56.8 Å². The van der Waals surface area contributed by atoms with Gasteiger partial charge >= 0.3 is 0 Å². The first-order valence-electron chi connectivity index (χ1n) is 8.53. The number of carbonyl (C=O) groups is 1. The lowest BCUT2D eigenvalue weighted by Gasteiger charge is -2.13. The molecule has 0 spiro atoms. The highest BCUT2D eigenvalue weighted by molar-refractivity contribution is 6.30. The molecule has 3 aromatic rings. The van der Waals surface area contributed by atoms with E-state index in [9.17, 15) is 4.79 Å². The van der Waals surface area contributed by atoms with Crippen LogP contribution in [-0.4, -0.2) is 25.1 Å². The summed E-state index contributed by atoms with van der Waals surface area (Å²) in [7, 11) is 3.19. The molecule has 7 heteroatoms. The van der Waals surface area contributed by atoms with E-state index in [-0.39, 0.29) is 11.6 Å². The summed E-state index contributed by atoms with van der Waals surface area (Å²) in [6.45, 7) is 1.88. The van der Waals surface area contributed by atoms with E-state index in [1.165, 1.54) is 0 Å². The molecule has 0 atom stereocenters. The van der Waals surface area contributed by atoms with Crippen molar-refractivity contribution in [2.75, 3.05) is 24.9 Å². The molecule has 0 aliphatic heterocycles. The van der Waals surface area contributed by atoms with Gasteiger partial charge in [-0.25, -0.2) is 0 Å². The molecular formula is C21H20ClN3O3. The zero-order valence-electron chi connectivity index (χ0n) is 15.7. The summed E-state index contributed by atoms with van der Waals surface area (Å²) in [5, 5.41) is 6.70. The highest BCUT2D eigenvalue weighted by Gasteiger charge is 2.12. The molecule has 2 N–H and O–H groups in total. The number of carbonyl (C=O) groups excluding carboxylic acids is 1. The summed E-state index contributed by atoms with van der Waals surface area (Å²) in [5.74, 6) is 1.03. The molecule has 28 heavy (non-hydrogen) atoms. The number of nitrogens with zero attached hydrogens (tertiary/aromatic N) is 1. The number of aromatic nitrogens is 1. The highest BCUT2D eigenvalue weighted by atomic mass is 35.5. The van der Waals surface area contributed by atoms with Crippen LogP contribution < -0.4 is 20.1 Å². The molecule has 0 aliphatic carbocycles. The zero-order valence-corrected chi connectivity index (χ0v) is 16.5. The van der Waals surface area contributed by atoms with Crippen molar-refractivity contribution in [2.45, 2.75) is 6.92 Å². The van der Waals surface area contributed by atoms with Crippen LogP contribution >= 0.6 is 11.6 Å². The summed E-state index contributed by atoms with van der Waals surface area (Å²) in [6, 6.07) is 14.1. The topological polar surface area (TPSA) is 72.5 Å². The van der Waals surface area contributed by atoms with E-state index < -0.39 is 0 Å². The monoisotopic (exact) mass is 397 g/mol. The van der Waals surface area contributed by atoms with Crippen LogP contribution in [0.25, 0.3) is 0 Å². The third-order valence-electron chi connectivity index (χ3n) is 4.11. The molecule has 0 radical (unpaired) electrons. The van der Waals surface area contributed by atoms with Gasteiger partial charge < -0.3 is 20.1 Å². The molecule has 0 saturated carbocycles. The molecule has 144 valence electrons. The van der Waals surface area contributed by atoms with Gasteiger partial charge in [0.15, 0.2) is 0 Å². The summed E-state index contributed by atoms with van der Waals surface area (Å²) in [4.78, 5) is 16.8. The quantitative estimate of drug-likeness (QED) is 0.608. The Labute approximate surface area is 168 Å². The third kappa shape index (κ3) is 4.53. The van der Waals surface area contributed by atoms with E-state index >= 15 is 0 Å². The minimum Gasteiger partial charge on any atom is -0.497 e. The van der Waals surface area contributed by atoms with Crippen LogP contribution in [0, 0.1) is 6.92 Å². The summed E-state index contributed by atoms with van der Waals surface area (Å²) in [6.07, 6.45) is 1.57. The SMILES string of the molecule is COc1ccc(OC)c(Nc2ccnc(C(=O)Nc3ccc(Cl)cc3C)c2)c1. The van der Waals surface area contributed by atoms with Gasteiger partial charge in [0, 0.05) is 28.7 Å². The van der Waals surface area contributed by atoms with Gasteiger partial charge in [-0.05, 0) is 55.0 Å². The summed E-state index contributed by atoms with van der Waals surface area (Å²) in [5.41, 5.74) is 3.24. The van der Waals surface area contributed by atoms with Crippen molar-refractivity contribution in [1.29, 1.82) is 0 Å². The predicted molar refractivity (Wildman–Crippen MR) is 111 cm³/mol. The lowest BCUT2D eigenvalue weighted by atomic mass is 10.2. The molecule has 1 heterocycles. The molecule has 0 saturated heterocycles. The van der Waals surface area contributed by atoms with Gasteiger partial charge in [0.25, 0.3) is 5.91 Å². The largest absolute Gasteiger partial charge is 0.497 e. The number of anilines is 3. The molecule has 1 amide bonds. The van der Waals surface area contributed by atoms with Gasteiger partial charge in [-0.15, -0.1) is 0 Å². The Morgan fingerprint density at radius 2 is 1.82 bits per heavy atom. The fraction of sp³-hybridized carbons (Fsp3) is 0.143. The maximum atomic E-state index is 12.6. The number of amides is 1. The van der Waals surface area contributed by atoms with E-state index in [0.717, 1.165) is 5.56 Å². The molecule has 2 aromatic carbocycles. The van der Waals surface area contributed by atoms with Crippen LogP contribution in [-0.2, 0) is 0 Å². The standard InChI is InChI=1S/C21H20ClN3O3/c1-13-10-14(22)4-6-17(13)25-21(26)19-11-15(8-9-23-19)24-18-12-16(27-2)5-7-20(18)28-3/h4-12H,1-3H3,(H,23,24)(H,25,26). The Morgan fingerprint density at radius 1 is 1.00 bits per heavy atom. The normalized spacial score (nSPS) is 10.3. The smallest absolute Gasteiger partial charge is 0.274 e. The van der Waals surface area contributed by atoms with Crippen molar-refractivity contribution in [3.63, 3.8) is 0 Å². The van der Waals surface area contributed by atoms with Gasteiger partial charge in [-0.1, -0.05) is 11.6 Å². The summed E-state index contributed by atoms with van der Waals surface area (Å²) < 4.78 is 10.6. The van der Waals surface area contributed by atoms with Crippen LogP contribution in [0.15, 0.2) is 54.7 Å². The Hall–Kier alpha value is -3.25. The molecule has 0 fully saturated rings. The van der Waals surface area contributed by atoms with Crippen LogP contribution in [0.1, 0.15) is 16.1 Å². The summed E-state index contributed by atoms with van der Waals surface area (Å²) >= 11 is 5.96. The molecule has 3 rings (SSSR count). The molecule has 0 bridgehead atoms. The number of ether oxygens (including phenoxy) is 2. The van der Waals surface area contributed by atoms with Crippen molar-refractivity contribution in [1.82, 2.24) is 4.98 Å². The first-order valence-corrected chi connectivity index (χ1v) is 8.90. The maximum absolute atomic E-state index is 12.6. The van der Waals surface area contributed by atoms with Crippen molar-refractivity contribution < 1.29 is 14.3 Å². The Kier molecular flexibility index (Phi) is 6.01. The number of halogens is 1. The fourth-order valence-corrected chi connectivity index (χ4v) is 2.88. The average Bonchev–Trinajstić information content (AvgIpc) is 2.70. The van der Waals surface area contributed by atoms with E-state index in [2.05, 4.69) is 15.6 Å². The second-order valence-corrected chi connectivity index (χ2v) is 6.47. The van der Waals surface area contributed by atoms with Crippen molar-refractivity contribution in [3.8, 4) is 11.5 Å². The van der Waals surface area contributed by atoms with Gasteiger partial charge in [0.05, 0.1) is 19.9 Å². The molecular weight excluding hydrogens is 378 g/mol. The number of pyridine rings is 1. The molecule has 0 unspecified atom stereocenters. The highest BCUT2D eigenvalue weighted by Crippen LogP contribution is 2.31. The van der Waals surface area contributed by atoms with Crippen LogP contribution in [0.4, 0.5) is 17.1 Å². The number of rotatable bonds is 6. The Morgan fingerprint density at radius 3 is 2.54 bits per heavy atom. The van der Waals surface area contributed by atoms with E-state index in [1.807, 2.05) is 19.1 Å². The minimum atomic E-state index is -0.313. The number of methoxy groups -OCH3 is 2. The van der Waals surface area contributed by atoms with Gasteiger partial charge in [-0.3, -0.25) is 9.78 Å². The van der Waals surface area contributed by atoms with Gasteiger partial charge in [0.2, 0.25) is 0 Å². The molecule has 6 nitrogen and oxygen atoms in total. The Bertz CT molecular complexity index is 1010. The van der Waals surface area contributed by atoms with Crippen LogP contribution in [0.3, 0.4) is 0 Å². The van der Waals surface area contributed by atoms with Gasteiger partial charge in [0.1, 0.15) is 17.2 Å². The van der Waals surface area contributed by atoms with Gasteiger partial charge in [-0.2, -0.15) is 0 Å². The van der Waals surface area contributed by atoms with Crippen molar-refractivity contribution in [3.05, 3.63) is 71.0 Å². The Balaban J connectivity index is 1.81. The first-order chi connectivity index (χ1) is 13.5. The van der Waals surface area contributed by atoms with Crippen molar-refractivity contribution in [2.24, 2.45) is 0 Å². The third-order valence-corrected chi connectivity index (χ3v) is 4.35. The molecule has 0 aliphatic rings. The lowest BCUT2D eigenvalue weighted by molar-refractivity contribution is 0.102. The second kappa shape index (κ2) is 8.63. The predicted octanol–water partition coefficient (Wildman–Crippen LogP) is 5.06. The average molecular weight is 398 g/mol. The van der Waals surface area contributed by atoms with E-state index in [0.29, 0.717) is 33.6 Å². The number of hydrogen-bond donors (Lipinski definition) is 2. The molecule has 1 aromatic heterocycles. The minimum absolute atomic E-state index is 0.279. The fourth-order valence-electron chi connectivity index (χ4n) is 2.65. The van der Waals surface area contributed by atoms with Crippen molar-refractivity contribution >= 4 is 34.6 Å².